The molecule has 6 heteroatoms. The third kappa shape index (κ3) is 4.28. The molecule has 0 aliphatic carbocycles. The zero-order chi connectivity index (χ0) is 20.1. The van der Waals surface area contributed by atoms with Gasteiger partial charge in [0.1, 0.15) is 0 Å². The van der Waals surface area contributed by atoms with Crippen molar-refractivity contribution in [3.05, 3.63) is 83.7 Å². The van der Waals surface area contributed by atoms with E-state index in [0.29, 0.717) is 5.56 Å². The van der Waals surface area contributed by atoms with E-state index in [-0.39, 0.29) is 18.6 Å². The van der Waals surface area contributed by atoms with E-state index in [2.05, 4.69) is 5.10 Å². The Bertz CT molecular complexity index is 949. The van der Waals surface area contributed by atoms with Crippen molar-refractivity contribution in [1.29, 1.82) is 0 Å². The maximum atomic E-state index is 12.4. The van der Waals surface area contributed by atoms with Gasteiger partial charge in [-0.15, -0.1) is 0 Å². The number of hydrogen-bond acceptors (Lipinski definition) is 4. The van der Waals surface area contributed by atoms with Gasteiger partial charge in [-0.3, -0.25) is 4.79 Å². The van der Waals surface area contributed by atoms with Gasteiger partial charge < -0.3 is 9.64 Å². The van der Waals surface area contributed by atoms with Gasteiger partial charge in [-0.2, -0.15) is 5.10 Å². The lowest BCUT2D eigenvalue weighted by Gasteiger charge is -2.25. The summed E-state index contributed by atoms with van der Waals surface area (Å²) in [4.78, 5) is 26.2. The number of aryl methyl sites for hydroxylation is 1. The molecule has 0 saturated carbocycles. The molecule has 6 nitrogen and oxygen atoms in total. The maximum absolute atomic E-state index is 12.4. The molecule has 0 saturated heterocycles. The Labute approximate surface area is 164 Å². The van der Waals surface area contributed by atoms with Crippen LogP contribution in [0.3, 0.4) is 0 Å². The number of ether oxygens (including phenoxy) is 1. The third-order valence-corrected chi connectivity index (χ3v) is 4.76. The van der Waals surface area contributed by atoms with Crippen LogP contribution in [0, 0.1) is 6.92 Å². The fourth-order valence-corrected chi connectivity index (χ4v) is 2.86. The van der Waals surface area contributed by atoms with Crippen molar-refractivity contribution >= 4 is 11.9 Å². The molecule has 1 amide bonds. The highest BCUT2D eigenvalue weighted by Gasteiger charge is 2.19. The molecular weight excluding hydrogens is 354 g/mol. The number of benzene rings is 2. The Hall–Kier alpha value is -3.41. The number of amides is 1. The number of likely N-dealkylation sites (N-methyl/N-ethyl adjacent to an activating group) is 1. The zero-order valence-electron chi connectivity index (χ0n) is 16.2. The van der Waals surface area contributed by atoms with Crippen molar-refractivity contribution < 1.29 is 14.3 Å². The van der Waals surface area contributed by atoms with Gasteiger partial charge in [-0.1, -0.05) is 30.3 Å². The average Bonchev–Trinajstić information content (AvgIpc) is 3.17. The molecule has 0 N–H and O–H groups in total. The Kier molecular flexibility index (Phi) is 5.89. The smallest absolute Gasteiger partial charge is 0.338 e. The molecule has 0 unspecified atom stereocenters. The number of carbonyl (C=O) groups is 2. The minimum Gasteiger partial charge on any atom is -0.452 e. The molecule has 0 spiro atoms. The Morgan fingerprint density at radius 1 is 1.07 bits per heavy atom. The van der Waals surface area contributed by atoms with Gasteiger partial charge in [0.2, 0.25) is 0 Å². The Morgan fingerprint density at radius 3 is 2.36 bits per heavy atom. The van der Waals surface area contributed by atoms with Crippen molar-refractivity contribution in [3.8, 4) is 5.69 Å². The van der Waals surface area contributed by atoms with Crippen molar-refractivity contribution in [2.75, 3.05) is 13.7 Å². The molecule has 3 aromatic rings. The van der Waals surface area contributed by atoms with Gasteiger partial charge in [0.15, 0.2) is 6.61 Å². The summed E-state index contributed by atoms with van der Waals surface area (Å²) in [5.41, 5.74) is 3.26. The van der Waals surface area contributed by atoms with E-state index in [0.717, 1.165) is 16.9 Å². The summed E-state index contributed by atoms with van der Waals surface area (Å²) in [6.45, 7) is 3.59. The molecule has 0 radical (unpaired) electrons. The first kappa shape index (κ1) is 19.4. The Morgan fingerprint density at radius 2 is 1.75 bits per heavy atom. The minimum atomic E-state index is -0.530. The van der Waals surface area contributed by atoms with Crippen LogP contribution in [-0.2, 0) is 9.53 Å². The summed E-state index contributed by atoms with van der Waals surface area (Å²) < 4.78 is 6.98. The van der Waals surface area contributed by atoms with Crippen LogP contribution in [0.25, 0.3) is 5.69 Å². The minimum absolute atomic E-state index is 0.107. The quantitative estimate of drug-likeness (QED) is 0.616. The second kappa shape index (κ2) is 8.52. The highest BCUT2D eigenvalue weighted by atomic mass is 16.5. The van der Waals surface area contributed by atoms with E-state index in [9.17, 15) is 9.59 Å². The molecule has 3 rings (SSSR count). The first-order chi connectivity index (χ1) is 13.5. The molecule has 1 aromatic heterocycles. The monoisotopic (exact) mass is 377 g/mol. The normalized spacial score (nSPS) is 11.7. The van der Waals surface area contributed by atoms with Gasteiger partial charge in [-0.05, 0) is 49.7 Å². The summed E-state index contributed by atoms with van der Waals surface area (Å²) in [7, 11) is 1.70. The summed E-state index contributed by atoms with van der Waals surface area (Å²) >= 11 is 0. The van der Waals surface area contributed by atoms with E-state index in [4.69, 9.17) is 4.74 Å². The lowest BCUT2D eigenvalue weighted by atomic mass is 10.1. The van der Waals surface area contributed by atoms with Gasteiger partial charge >= 0.3 is 5.97 Å². The molecule has 1 heterocycles. The van der Waals surface area contributed by atoms with Crippen LogP contribution in [0.1, 0.15) is 34.6 Å². The van der Waals surface area contributed by atoms with Crippen molar-refractivity contribution in [3.63, 3.8) is 0 Å². The van der Waals surface area contributed by atoms with E-state index >= 15 is 0 Å². The molecule has 0 aliphatic rings. The second-order valence-corrected chi connectivity index (χ2v) is 6.60. The number of rotatable bonds is 6. The van der Waals surface area contributed by atoms with Crippen LogP contribution >= 0.6 is 0 Å². The first-order valence-electron chi connectivity index (χ1n) is 9.06. The standard InChI is InChI=1S/C22H23N3O3/c1-16-13-14-23-25(16)20-11-9-19(10-12-20)22(27)28-15-21(26)24(3)17(2)18-7-5-4-6-8-18/h4-14,17H,15H2,1-3H3/t17-/m0/s1. The summed E-state index contributed by atoms with van der Waals surface area (Å²) in [6.07, 6.45) is 1.72. The van der Waals surface area contributed by atoms with Crippen LogP contribution in [0.2, 0.25) is 0 Å². The average molecular weight is 377 g/mol. The number of aromatic nitrogens is 2. The molecule has 1 atom stereocenters. The zero-order valence-corrected chi connectivity index (χ0v) is 16.2. The predicted molar refractivity (Wildman–Crippen MR) is 106 cm³/mol. The van der Waals surface area contributed by atoms with Gasteiger partial charge in [0.05, 0.1) is 17.3 Å². The van der Waals surface area contributed by atoms with E-state index in [1.807, 2.05) is 50.2 Å². The lowest BCUT2D eigenvalue weighted by molar-refractivity contribution is -0.135. The number of carbonyl (C=O) groups excluding carboxylic acids is 2. The fraction of sp³-hybridized carbons (Fsp3) is 0.227. The summed E-state index contributed by atoms with van der Waals surface area (Å²) in [5, 5.41) is 4.23. The van der Waals surface area contributed by atoms with Crippen molar-refractivity contribution in [1.82, 2.24) is 14.7 Å². The number of esters is 1. The highest BCUT2D eigenvalue weighted by Crippen LogP contribution is 2.18. The highest BCUT2D eigenvalue weighted by molar-refractivity contribution is 5.91. The first-order valence-corrected chi connectivity index (χ1v) is 9.06. The van der Waals surface area contributed by atoms with Crippen LogP contribution in [-0.4, -0.2) is 40.2 Å². The van der Waals surface area contributed by atoms with Crippen molar-refractivity contribution in [2.45, 2.75) is 19.9 Å². The molecule has 0 bridgehead atoms. The molecule has 0 aliphatic heterocycles. The van der Waals surface area contributed by atoms with Crippen LogP contribution in [0.15, 0.2) is 66.9 Å². The van der Waals surface area contributed by atoms with E-state index in [1.54, 1.807) is 47.1 Å². The largest absolute Gasteiger partial charge is 0.452 e. The number of nitrogens with zero attached hydrogens (tertiary/aromatic N) is 3. The molecule has 28 heavy (non-hydrogen) atoms. The lowest BCUT2D eigenvalue weighted by Crippen LogP contribution is -2.33. The fourth-order valence-electron chi connectivity index (χ4n) is 2.86. The van der Waals surface area contributed by atoms with Gasteiger partial charge in [0.25, 0.3) is 5.91 Å². The van der Waals surface area contributed by atoms with Gasteiger partial charge in [-0.25, -0.2) is 9.48 Å². The predicted octanol–water partition coefficient (Wildman–Crippen LogP) is 3.56. The molecule has 0 fully saturated rings. The molecule has 2 aromatic carbocycles. The van der Waals surface area contributed by atoms with E-state index in [1.165, 1.54) is 0 Å². The van der Waals surface area contributed by atoms with Crippen LogP contribution in [0.4, 0.5) is 0 Å². The van der Waals surface area contributed by atoms with Crippen LogP contribution in [0.5, 0.6) is 0 Å². The van der Waals surface area contributed by atoms with Crippen molar-refractivity contribution in [2.24, 2.45) is 0 Å². The van der Waals surface area contributed by atoms with Gasteiger partial charge in [0, 0.05) is 18.9 Å². The Balaban J connectivity index is 1.57. The van der Waals surface area contributed by atoms with E-state index < -0.39 is 5.97 Å². The molecule has 144 valence electrons. The van der Waals surface area contributed by atoms with Crippen LogP contribution < -0.4 is 0 Å². The summed E-state index contributed by atoms with van der Waals surface area (Å²) in [5.74, 6) is -0.786. The maximum Gasteiger partial charge on any atom is 0.338 e. The molecular formula is C22H23N3O3. The number of hydrogen-bond donors (Lipinski definition) is 0. The summed E-state index contributed by atoms with van der Waals surface area (Å²) in [6, 6.07) is 18.4. The topological polar surface area (TPSA) is 64.4 Å². The SMILES string of the molecule is Cc1ccnn1-c1ccc(C(=O)OCC(=O)N(C)[C@@H](C)c2ccccc2)cc1. The second-order valence-electron chi connectivity index (χ2n) is 6.60. The third-order valence-electron chi connectivity index (χ3n) is 4.76.